The van der Waals surface area contributed by atoms with Gasteiger partial charge in [-0.05, 0) is 42.5 Å². The smallest absolute Gasteiger partial charge is 0.238 e. The van der Waals surface area contributed by atoms with Gasteiger partial charge in [-0.1, -0.05) is 30.4 Å². The van der Waals surface area contributed by atoms with Crippen LogP contribution in [0.3, 0.4) is 0 Å². The van der Waals surface area contributed by atoms with Crippen LogP contribution in [-0.2, 0) is 9.59 Å². The molecule has 0 spiro atoms. The van der Waals surface area contributed by atoms with Gasteiger partial charge in [-0.2, -0.15) is 0 Å². The first-order valence-corrected chi connectivity index (χ1v) is 10.0. The van der Waals surface area contributed by atoms with Crippen LogP contribution in [0.2, 0.25) is 0 Å². The van der Waals surface area contributed by atoms with Crippen molar-refractivity contribution in [3.63, 3.8) is 0 Å². The van der Waals surface area contributed by atoms with Crippen LogP contribution in [0, 0.1) is 23.7 Å². The molecule has 2 amide bonds. The zero-order chi connectivity index (χ0) is 20.8. The predicted octanol–water partition coefficient (Wildman–Crippen LogP) is 3.27. The Hall–Kier alpha value is -3.41. The van der Waals surface area contributed by atoms with Gasteiger partial charge in [0.25, 0.3) is 0 Å². The van der Waals surface area contributed by atoms with Crippen LogP contribution in [0.1, 0.15) is 16.8 Å². The van der Waals surface area contributed by atoms with Gasteiger partial charge < -0.3 is 9.47 Å². The predicted molar refractivity (Wildman–Crippen MR) is 109 cm³/mol. The van der Waals surface area contributed by atoms with Crippen molar-refractivity contribution in [2.75, 3.05) is 18.6 Å². The number of methoxy groups -OCH3 is 1. The number of rotatable bonds is 6. The van der Waals surface area contributed by atoms with Gasteiger partial charge in [0.1, 0.15) is 11.5 Å². The Morgan fingerprint density at radius 3 is 2.33 bits per heavy atom. The fourth-order valence-electron chi connectivity index (χ4n) is 4.90. The molecule has 0 N–H and O–H groups in total. The minimum atomic E-state index is -0.244. The first kappa shape index (κ1) is 18.6. The third-order valence-electron chi connectivity index (χ3n) is 6.31. The maximum atomic E-state index is 13.0. The molecule has 1 saturated carbocycles. The average molecular weight is 403 g/mol. The van der Waals surface area contributed by atoms with Crippen molar-refractivity contribution >= 4 is 23.3 Å². The highest BCUT2D eigenvalue weighted by atomic mass is 16.5. The standard InChI is InChI=1S/C24H21NO5/c1-29-18-6-2-4-14(11-18)20(26)13-30-19-7-3-5-17(12-19)25-23(27)21-15-8-9-16(10-15)22(21)24(25)28/h2-9,11-12,15-16,21-22H,10,13H2,1H3/t15-,16-,21-,22+/m0/s1. The molecular formula is C24H21NO5. The van der Waals surface area contributed by atoms with Gasteiger partial charge in [0.15, 0.2) is 12.4 Å². The number of imide groups is 1. The summed E-state index contributed by atoms with van der Waals surface area (Å²) in [5.74, 6) is 0.425. The van der Waals surface area contributed by atoms with E-state index < -0.39 is 0 Å². The molecule has 152 valence electrons. The Labute approximate surface area is 174 Å². The second-order valence-electron chi connectivity index (χ2n) is 7.95. The lowest BCUT2D eigenvalue weighted by Crippen LogP contribution is -2.32. The van der Waals surface area contributed by atoms with E-state index in [2.05, 4.69) is 12.2 Å². The summed E-state index contributed by atoms with van der Waals surface area (Å²) in [6.45, 7) is -0.155. The molecule has 2 fully saturated rings. The van der Waals surface area contributed by atoms with Crippen LogP contribution in [0.5, 0.6) is 11.5 Å². The van der Waals surface area contributed by atoms with E-state index >= 15 is 0 Å². The quantitative estimate of drug-likeness (QED) is 0.421. The molecule has 0 aromatic heterocycles. The van der Waals surface area contributed by atoms with Gasteiger partial charge >= 0.3 is 0 Å². The second kappa shape index (κ2) is 7.13. The van der Waals surface area contributed by atoms with Crippen molar-refractivity contribution in [1.29, 1.82) is 0 Å². The lowest BCUT2D eigenvalue weighted by atomic mass is 9.85. The van der Waals surface area contributed by atoms with Crippen molar-refractivity contribution in [2.24, 2.45) is 23.7 Å². The molecule has 5 rings (SSSR count). The Kier molecular flexibility index (Phi) is 4.42. The lowest BCUT2D eigenvalue weighted by Gasteiger charge is -2.18. The summed E-state index contributed by atoms with van der Waals surface area (Å²) in [4.78, 5) is 39.7. The number of hydrogen-bond acceptors (Lipinski definition) is 5. The summed E-state index contributed by atoms with van der Waals surface area (Å²) >= 11 is 0. The highest BCUT2D eigenvalue weighted by Crippen LogP contribution is 2.53. The van der Waals surface area contributed by atoms with Crippen molar-refractivity contribution in [3.8, 4) is 11.5 Å². The van der Waals surface area contributed by atoms with Crippen molar-refractivity contribution in [2.45, 2.75) is 6.42 Å². The van der Waals surface area contributed by atoms with Gasteiger partial charge in [0.05, 0.1) is 24.6 Å². The van der Waals surface area contributed by atoms with Gasteiger partial charge in [0.2, 0.25) is 11.8 Å². The van der Waals surface area contributed by atoms with Gasteiger partial charge in [-0.3, -0.25) is 14.4 Å². The minimum absolute atomic E-state index is 0.133. The Balaban J connectivity index is 1.31. The highest BCUT2D eigenvalue weighted by molar-refractivity contribution is 6.22. The van der Waals surface area contributed by atoms with Gasteiger partial charge in [-0.15, -0.1) is 0 Å². The number of anilines is 1. The third-order valence-corrected chi connectivity index (χ3v) is 6.31. The number of Topliss-reactive ketones (excluding diaryl/α,β-unsaturated/α-hetero) is 1. The summed E-state index contributed by atoms with van der Waals surface area (Å²) in [5, 5.41) is 0. The monoisotopic (exact) mass is 403 g/mol. The van der Waals surface area contributed by atoms with E-state index in [0.717, 1.165) is 6.42 Å². The molecule has 0 unspecified atom stereocenters. The first-order chi connectivity index (χ1) is 14.6. The van der Waals surface area contributed by atoms with Crippen LogP contribution in [0.4, 0.5) is 5.69 Å². The van der Waals surface area contributed by atoms with E-state index in [1.54, 1.807) is 55.6 Å². The summed E-state index contributed by atoms with van der Waals surface area (Å²) in [6.07, 6.45) is 5.05. The Morgan fingerprint density at radius 2 is 1.63 bits per heavy atom. The molecule has 2 aromatic rings. The van der Waals surface area contributed by atoms with E-state index in [4.69, 9.17) is 9.47 Å². The van der Waals surface area contributed by atoms with E-state index in [1.165, 1.54) is 4.90 Å². The second-order valence-corrected chi connectivity index (χ2v) is 7.95. The third kappa shape index (κ3) is 2.91. The normalized spacial score (nSPS) is 26.2. The molecule has 2 aliphatic carbocycles. The number of carbonyl (C=O) groups excluding carboxylic acids is 3. The summed E-state index contributed by atoms with van der Waals surface area (Å²) in [5.41, 5.74) is 0.983. The van der Waals surface area contributed by atoms with Crippen LogP contribution in [-0.4, -0.2) is 31.3 Å². The molecule has 1 aliphatic heterocycles. The van der Waals surface area contributed by atoms with E-state index in [1.807, 2.05) is 0 Å². The van der Waals surface area contributed by atoms with Crippen LogP contribution < -0.4 is 14.4 Å². The van der Waals surface area contributed by atoms with Crippen molar-refractivity contribution < 1.29 is 23.9 Å². The Morgan fingerprint density at radius 1 is 0.967 bits per heavy atom. The number of carbonyl (C=O) groups is 3. The number of benzene rings is 2. The van der Waals surface area contributed by atoms with Crippen LogP contribution in [0.25, 0.3) is 0 Å². The molecule has 2 aromatic carbocycles. The summed E-state index contributed by atoms with van der Waals surface area (Å²) in [6, 6.07) is 13.7. The van der Waals surface area contributed by atoms with Gasteiger partial charge in [0, 0.05) is 11.6 Å². The van der Waals surface area contributed by atoms with E-state index in [0.29, 0.717) is 22.7 Å². The van der Waals surface area contributed by atoms with Crippen molar-refractivity contribution in [3.05, 3.63) is 66.2 Å². The van der Waals surface area contributed by atoms with Crippen LogP contribution in [0.15, 0.2) is 60.7 Å². The summed E-state index contributed by atoms with van der Waals surface area (Å²) in [7, 11) is 1.54. The largest absolute Gasteiger partial charge is 0.497 e. The van der Waals surface area contributed by atoms with Gasteiger partial charge in [-0.25, -0.2) is 4.90 Å². The Bertz CT molecular complexity index is 1040. The molecule has 6 heteroatoms. The molecule has 2 bridgehead atoms. The van der Waals surface area contributed by atoms with E-state index in [-0.39, 0.29) is 47.9 Å². The number of nitrogens with zero attached hydrogens (tertiary/aromatic N) is 1. The maximum absolute atomic E-state index is 13.0. The molecule has 3 aliphatic rings. The first-order valence-electron chi connectivity index (χ1n) is 10.0. The molecule has 6 nitrogen and oxygen atoms in total. The number of allylic oxidation sites excluding steroid dienone is 2. The lowest BCUT2D eigenvalue weighted by molar-refractivity contribution is -0.123. The number of amides is 2. The maximum Gasteiger partial charge on any atom is 0.238 e. The summed E-state index contributed by atoms with van der Waals surface area (Å²) < 4.78 is 10.8. The zero-order valence-electron chi connectivity index (χ0n) is 16.5. The number of hydrogen-bond donors (Lipinski definition) is 0. The average Bonchev–Trinajstić information content (AvgIpc) is 3.46. The van der Waals surface area contributed by atoms with Crippen LogP contribution >= 0.6 is 0 Å². The molecule has 1 heterocycles. The molecule has 30 heavy (non-hydrogen) atoms. The topological polar surface area (TPSA) is 72.9 Å². The fraction of sp³-hybridized carbons (Fsp3) is 0.292. The number of ketones is 1. The molecular weight excluding hydrogens is 382 g/mol. The molecule has 0 radical (unpaired) electrons. The van der Waals surface area contributed by atoms with Crippen molar-refractivity contribution in [1.82, 2.24) is 0 Å². The molecule has 1 saturated heterocycles. The fourth-order valence-corrected chi connectivity index (χ4v) is 4.90. The highest BCUT2D eigenvalue weighted by Gasteiger charge is 2.59. The van der Waals surface area contributed by atoms with E-state index in [9.17, 15) is 14.4 Å². The number of fused-ring (bicyclic) bond motifs is 5. The molecule has 4 atom stereocenters. The SMILES string of the molecule is COc1cccc(C(=O)COc2cccc(N3C(=O)[C@@H]4[C@H](C3=O)[C@H]3C=C[C@H]4C3)c2)c1. The minimum Gasteiger partial charge on any atom is -0.497 e. The zero-order valence-corrected chi connectivity index (χ0v) is 16.5. The number of ether oxygens (including phenoxy) is 2.